The predicted octanol–water partition coefficient (Wildman–Crippen LogP) is 1.44. The molecule has 0 aromatic carbocycles. The van der Waals surface area contributed by atoms with Crippen LogP contribution in [-0.2, 0) is 4.79 Å². The molecule has 0 aliphatic heterocycles. The van der Waals surface area contributed by atoms with E-state index in [-0.39, 0.29) is 5.78 Å². The minimum absolute atomic E-state index is 0.0565. The van der Waals surface area contributed by atoms with Crippen molar-refractivity contribution < 1.29 is 8.41 Å². The van der Waals surface area contributed by atoms with E-state index in [0.717, 1.165) is 3.61 Å². The molecule has 0 aromatic rings. The molecular weight excluding hydrogens is 173 g/mol. The number of carbonyl (C=O) groups is 1. The largest absolute Gasteiger partial charge is 0.290 e. The van der Waals surface area contributed by atoms with E-state index >= 15 is 0 Å². The average molecular weight is 177 g/mol. The molecule has 4 heteroatoms. The molecule has 0 spiro atoms. The van der Waals surface area contributed by atoms with E-state index < -0.39 is 0 Å². The fourth-order valence-electron chi connectivity index (χ4n) is 0.559. The second kappa shape index (κ2) is 2.99. The molecule has 1 aliphatic carbocycles. The lowest BCUT2D eigenvalue weighted by atomic mass is 10.2. The molecule has 0 saturated heterocycles. The van der Waals surface area contributed by atoms with Crippen LogP contribution in [0.25, 0.3) is 0 Å². The van der Waals surface area contributed by atoms with Crippen LogP contribution in [0.2, 0.25) is 0 Å². The molecule has 0 heterocycles. The van der Waals surface area contributed by atoms with Gasteiger partial charge >= 0.3 is 0 Å². The number of allylic oxidation sites excluding steroid dienone is 4. The van der Waals surface area contributed by atoms with E-state index in [2.05, 4.69) is 0 Å². The number of hydrogen-bond donors (Lipinski definition) is 0. The minimum atomic E-state index is -0.0565. The van der Waals surface area contributed by atoms with Crippen molar-refractivity contribution in [3.63, 3.8) is 0 Å². The van der Waals surface area contributed by atoms with Crippen molar-refractivity contribution in [2.24, 2.45) is 0 Å². The van der Waals surface area contributed by atoms with E-state index in [1.165, 1.54) is 12.2 Å². The van der Waals surface area contributed by atoms with Crippen LogP contribution in [-0.4, -0.2) is 15.1 Å². The monoisotopic (exact) mass is 176 g/mol. The highest BCUT2D eigenvalue weighted by molar-refractivity contribution is 6.28. The van der Waals surface area contributed by atoms with Gasteiger partial charge in [0.15, 0.2) is 5.78 Å². The average Bonchev–Trinajstić information content (AvgIpc) is 1.88. The summed E-state index contributed by atoms with van der Waals surface area (Å²) in [5.41, 5.74) is 0.586. The summed E-state index contributed by atoms with van der Waals surface area (Å²) < 4.78 is 0.902. The molecule has 0 amide bonds. The van der Waals surface area contributed by atoms with Crippen molar-refractivity contribution in [2.45, 2.75) is 0 Å². The van der Waals surface area contributed by atoms with Crippen LogP contribution < -0.4 is 0 Å². The number of rotatable bonds is 0. The Hall–Kier alpha value is -0.600. The Morgan fingerprint density at radius 2 is 1.60 bits per heavy atom. The molecule has 0 N–H and O–H groups in total. The zero-order valence-corrected chi connectivity index (χ0v) is 6.43. The van der Waals surface area contributed by atoms with Gasteiger partial charge in [-0.2, -0.15) is 0 Å². The molecular formula is C6H4Cl2NO+. The zero-order valence-electron chi connectivity index (χ0n) is 4.92. The Bertz CT molecular complexity index is 230. The highest BCUT2D eigenvalue weighted by atomic mass is 35.5. The minimum Gasteiger partial charge on any atom is -0.290 e. The van der Waals surface area contributed by atoms with Crippen LogP contribution in [0.1, 0.15) is 0 Å². The van der Waals surface area contributed by atoms with Gasteiger partial charge in [0.1, 0.15) is 0 Å². The maximum atomic E-state index is 10.5. The molecule has 0 fully saturated rings. The van der Waals surface area contributed by atoms with Gasteiger partial charge in [-0.15, -0.1) is 0 Å². The zero-order chi connectivity index (χ0) is 7.56. The van der Waals surface area contributed by atoms with E-state index in [4.69, 9.17) is 23.6 Å². The van der Waals surface area contributed by atoms with Gasteiger partial charge in [0, 0.05) is 15.8 Å². The van der Waals surface area contributed by atoms with Crippen molar-refractivity contribution in [1.82, 2.24) is 0 Å². The van der Waals surface area contributed by atoms with Crippen LogP contribution >= 0.6 is 23.6 Å². The highest BCUT2D eigenvalue weighted by Gasteiger charge is 2.09. The Morgan fingerprint density at radius 3 is 2.00 bits per heavy atom. The van der Waals surface area contributed by atoms with Crippen molar-refractivity contribution in [1.29, 1.82) is 0 Å². The van der Waals surface area contributed by atoms with Crippen LogP contribution in [0, 0.1) is 0 Å². The third kappa shape index (κ3) is 1.69. The van der Waals surface area contributed by atoms with Gasteiger partial charge in [-0.1, -0.05) is 0 Å². The smallest absolute Gasteiger partial charge is 0.286 e. The number of hydrogen-bond acceptors (Lipinski definition) is 1. The maximum absolute atomic E-state index is 10.5. The second-order valence-corrected chi connectivity index (χ2v) is 2.58. The third-order valence-electron chi connectivity index (χ3n) is 1.03. The Balaban J connectivity index is 2.91. The summed E-state index contributed by atoms with van der Waals surface area (Å²) in [5.74, 6) is -0.0565. The molecule has 0 aromatic heterocycles. The Kier molecular flexibility index (Phi) is 2.25. The number of nitrogens with zero attached hydrogens (tertiary/aromatic N) is 1. The van der Waals surface area contributed by atoms with Crippen LogP contribution in [0.4, 0.5) is 0 Å². The summed E-state index contributed by atoms with van der Waals surface area (Å²) >= 11 is 10.7. The maximum Gasteiger partial charge on any atom is 0.286 e. The standard InChI is InChI=1S/C6H4Cl2NO/c7-9(8)5-1-3-6(10)4-2-5/h1-4H/q+1. The van der Waals surface area contributed by atoms with Crippen molar-refractivity contribution in [3.8, 4) is 0 Å². The Labute approximate surface area is 68.3 Å². The van der Waals surface area contributed by atoms with Crippen LogP contribution in [0.15, 0.2) is 24.3 Å². The van der Waals surface area contributed by atoms with E-state index in [1.54, 1.807) is 12.2 Å². The van der Waals surface area contributed by atoms with E-state index in [1.807, 2.05) is 0 Å². The molecule has 52 valence electrons. The molecule has 0 bridgehead atoms. The summed E-state index contributed by atoms with van der Waals surface area (Å²) in [6, 6.07) is 0. The van der Waals surface area contributed by atoms with Gasteiger partial charge in [0.05, 0.1) is 0 Å². The lowest BCUT2D eigenvalue weighted by Gasteiger charge is -1.89. The first kappa shape index (κ1) is 7.51. The SMILES string of the molecule is O=C1C=CC(=[N+](Cl)Cl)C=C1. The van der Waals surface area contributed by atoms with Gasteiger partial charge in [-0.05, 0) is 12.2 Å². The van der Waals surface area contributed by atoms with Crippen molar-refractivity contribution in [2.75, 3.05) is 0 Å². The van der Waals surface area contributed by atoms with E-state index in [9.17, 15) is 4.79 Å². The summed E-state index contributed by atoms with van der Waals surface area (Å²) in [5, 5.41) is 0. The third-order valence-corrected chi connectivity index (χ3v) is 1.42. The lowest BCUT2D eigenvalue weighted by molar-refractivity contribution is -0.179. The second-order valence-electron chi connectivity index (χ2n) is 1.73. The highest BCUT2D eigenvalue weighted by Crippen LogP contribution is 1.99. The fraction of sp³-hybridized carbons (Fsp3) is 0. The van der Waals surface area contributed by atoms with Crippen molar-refractivity contribution in [3.05, 3.63) is 24.3 Å². The molecule has 1 aliphatic rings. The van der Waals surface area contributed by atoms with Gasteiger partial charge in [0.2, 0.25) is 5.71 Å². The summed E-state index contributed by atoms with van der Waals surface area (Å²) in [7, 11) is 0. The first-order chi connectivity index (χ1) is 4.70. The molecule has 10 heavy (non-hydrogen) atoms. The lowest BCUT2D eigenvalue weighted by Crippen LogP contribution is -2.04. The molecule has 2 nitrogen and oxygen atoms in total. The van der Waals surface area contributed by atoms with Gasteiger partial charge < -0.3 is 0 Å². The number of ketones is 1. The van der Waals surface area contributed by atoms with Crippen molar-refractivity contribution >= 4 is 35.0 Å². The fourth-order valence-corrected chi connectivity index (χ4v) is 0.784. The summed E-state index contributed by atoms with van der Waals surface area (Å²) in [6.45, 7) is 0. The Morgan fingerprint density at radius 1 is 1.10 bits per heavy atom. The molecule has 0 saturated carbocycles. The number of carbonyl (C=O) groups excluding carboxylic acids is 1. The molecule has 0 atom stereocenters. The van der Waals surface area contributed by atoms with Gasteiger partial charge in [0.25, 0.3) is 23.6 Å². The predicted molar refractivity (Wildman–Crippen MR) is 40.3 cm³/mol. The van der Waals surface area contributed by atoms with Crippen LogP contribution in [0.3, 0.4) is 0 Å². The van der Waals surface area contributed by atoms with Crippen LogP contribution in [0.5, 0.6) is 0 Å². The molecule has 1 rings (SSSR count). The van der Waals surface area contributed by atoms with E-state index in [0.29, 0.717) is 5.71 Å². The first-order valence-corrected chi connectivity index (χ1v) is 3.26. The summed E-state index contributed by atoms with van der Waals surface area (Å²) in [4.78, 5) is 10.5. The number of halogens is 2. The van der Waals surface area contributed by atoms with Gasteiger partial charge in [-0.25, -0.2) is 0 Å². The molecule has 0 unspecified atom stereocenters. The summed E-state index contributed by atoms with van der Waals surface area (Å²) in [6.07, 6.45) is 5.88. The normalized spacial score (nSPS) is 16.2. The first-order valence-electron chi connectivity index (χ1n) is 2.59. The van der Waals surface area contributed by atoms with Gasteiger partial charge in [-0.3, -0.25) is 4.79 Å². The topological polar surface area (TPSA) is 20.1 Å². The molecule has 0 radical (unpaired) electrons. The quantitative estimate of drug-likeness (QED) is 0.405.